The average molecular weight is 786 g/mol. The molecule has 0 aliphatic carbocycles. The fourth-order valence-electron chi connectivity index (χ4n) is 5.10. The lowest BCUT2D eigenvalue weighted by atomic mass is 10.8. The fraction of sp³-hybridized carbons (Fsp3) is 0.812. The minimum atomic E-state index is -3.38. The molecule has 2 fully saturated rings. The van der Waals surface area contributed by atoms with E-state index in [1.54, 1.807) is 13.1 Å². The average Bonchev–Trinajstić information content (AvgIpc) is 2.82. The van der Waals surface area contributed by atoms with E-state index >= 15 is 0 Å². The molecule has 2 saturated heterocycles. The zero-order chi connectivity index (χ0) is 32.3. The highest BCUT2D eigenvalue weighted by atomic mass is 28.5. The van der Waals surface area contributed by atoms with Crippen LogP contribution in [-0.4, -0.2) is 105 Å². The van der Waals surface area contributed by atoms with Crippen molar-refractivity contribution in [3.63, 3.8) is 0 Å². The number of aromatic nitrogens is 3. The van der Waals surface area contributed by atoms with Gasteiger partial charge in [0.25, 0.3) is 74.3 Å². The maximum absolute atomic E-state index is 14.2. The second kappa shape index (κ2) is 15.8. The molecule has 1 aromatic heterocycles. The van der Waals surface area contributed by atoms with Crippen molar-refractivity contribution in [2.75, 3.05) is 0 Å². The van der Waals surface area contributed by atoms with Crippen LogP contribution in [-0.2, 0) is 60.3 Å². The summed E-state index contributed by atoms with van der Waals surface area (Å²) in [4.78, 5) is 40.6. The van der Waals surface area contributed by atoms with Crippen LogP contribution < -0.4 is 17.1 Å². The molecule has 3 rings (SSSR count). The maximum atomic E-state index is 14.2. The lowest BCUT2D eigenvalue weighted by Gasteiger charge is -2.37. The van der Waals surface area contributed by atoms with Crippen molar-refractivity contribution >= 4 is 91.4 Å². The lowest BCUT2D eigenvalue weighted by molar-refractivity contribution is 0.266. The zero-order valence-electron chi connectivity index (χ0n) is 26.3. The molecule has 2 aliphatic heterocycles. The van der Waals surface area contributed by atoms with Crippen LogP contribution in [0.25, 0.3) is 0 Å². The quantitative estimate of drug-likeness (QED) is 0.285. The monoisotopic (exact) mass is 785 g/mol. The predicted molar refractivity (Wildman–Crippen MR) is 179 cm³/mol. The third kappa shape index (κ3) is 10.6. The fourth-order valence-corrected chi connectivity index (χ4v) is 39.8. The Morgan fingerprint density at radius 3 is 0.977 bits per heavy atom. The smallest absolute Gasteiger partial charge is 0.338 e. The molecular formula is C16H44FN3O13Si10. The Bertz CT molecular complexity index is 1150. The molecule has 27 heteroatoms. The van der Waals surface area contributed by atoms with Crippen LogP contribution in [0.3, 0.4) is 0 Å². The van der Waals surface area contributed by atoms with Crippen LogP contribution in [0.2, 0.25) is 65.5 Å². The molecule has 8 atom stereocenters. The van der Waals surface area contributed by atoms with Gasteiger partial charge >= 0.3 is 34.2 Å². The number of halogens is 1. The van der Waals surface area contributed by atoms with Gasteiger partial charge in [0, 0.05) is 0 Å². The largest absolute Gasteiger partial charge is 0.420 e. The summed E-state index contributed by atoms with van der Waals surface area (Å²) in [6.07, 6.45) is -0.601. The van der Waals surface area contributed by atoms with Gasteiger partial charge in [-0.3, -0.25) is 0 Å². The van der Waals surface area contributed by atoms with Gasteiger partial charge in [-0.05, 0) is 65.5 Å². The van der Waals surface area contributed by atoms with Gasteiger partial charge < -0.3 is 41.2 Å². The molecule has 0 saturated carbocycles. The molecule has 0 aromatic carbocycles. The molecule has 16 nitrogen and oxygen atoms in total. The van der Waals surface area contributed by atoms with Gasteiger partial charge in [-0.25, -0.2) is 32.5 Å². The summed E-state index contributed by atoms with van der Waals surface area (Å²) in [7, 11) is -24.1. The number of hydrogen-bond donors (Lipinski definition) is 0. The van der Waals surface area contributed by atoms with Gasteiger partial charge in [0.05, 0.1) is 12.3 Å². The van der Waals surface area contributed by atoms with E-state index < -0.39 is 115 Å². The van der Waals surface area contributed by atoms with Gasteiger partial charge in [0.1, 0.15) is 0 Å². The summed E-state index contributed by atoms with van der Waals surface area (Å²) in [5, 5.41) is 0. The van der Waals surface area contributed by atoms with Crippen LogP contribution in [0.5, 0.6) is 0 Å². The predicted octanol–water partition coefficient (Wildman–Crippen LogP) is -2.68. The van der Waals surface area contributed by atoms with Crippen molar-refractivity contribution in [3.8, 4) is 0 Å². The topological polar surface area (TPSA) is 158 Å². The molecule has 43 heavy (non-hydrogen) atoms. The molecule has 3 heterocycles. The van der Waals surface area contributed by atoms with Crippen LogP contribution in [0.4, 0.5) is 4.39 Å². The first-order chi connectivity index (χ1) is 19.9. The summed E-state index contributed by atoms with van der Waals surface area (Å²) < 4.78 is 77.5. The van der Waals surface area contributed by atoms with E-state index in [9.17, 15) is 18.8 Å². The highest BCUT2D eigenvalue weighted by Gasteiger charge is 2.43. The molecule has 0 bridgehead atoms. The lowest BCUT2D eigenvalue weighted by Crippen LogP contribution is -2.63. The molecule has 0 radical (unpaired) electrons. The number of rotatable bonds is 5. The molecule has 0 spiro atoms. The van der Waals surface area contributed by atoms with Crippen LogP contribution >= 0.6 is 0 Å². The summed E-state index contributed by atoms with van der Waals surface area (Å²) in [6.45, 7) is 16.9. The minimum absolute atomic E-state index is 0.300. The normalized spacial score (nSPS) is 38.9. The maximum Gasteiger partial charge on any atom is 0.338 e. The Balaban J connectivity index is 2.05. The Morgan fingerprint density at radius 2 is 0.721 bits per heavy atom. The van der Waals surface area contributed by atoms with Crippen molar-refractivity contribution < 1.29 is 45.5 Å². The second-order valence-corrected chi connectivity index (χ2v) is 35.2. The van der Waals surface area contributed by atoms with E-state index in [1.165, 1.54) is 0 Å². The number of nitrogens with zero attached hydrogens (tertiary/aromatic N) is 3. The van der Waals surface area contributed by atoms with Crippen LogP contribution in [0.15, 0.2) is 14.4 Å². The van der Waals surface area contributed by atoms with E-state index in [1.807, 2.05) is 52.4 Å². The highest BCUT2D eigenvalue weighted by molar-refractivity contribution is 6.81. The Hall–Kier alpha value is 0.109. The van der Waals surface area contributed by atoms with E-state index in [0.717, 1.165) is 9.13 Å². The van der Waals surface area contributed by atoms with Gasteiger partial charge in [0.15, 0.2) is 6.80 Å². The highest BCUT2D eigenvalue weighted by Crippen LogP contribution is 2.18. The first-order valence-electron chi connectivity index (χ1n) is 14.1. The van der Waals surface area contributed by atoms with Gasteiger partial charge in [0.2, 0.25) is 0 Å². The molecule has 0 N–H and O–H groups in total. The standard InChI is InChI=1S/C16H44FN3O13Si10/c1-34-24-35(2)27-39(6)31-42(9,30-38(5)26-34)12-19-14(21)18(11-17)15(22)20(16(19)23)13-43(10)32-40(7)28-36(3)25-37(4)29-41(8)33-43/h34-41H,11-13H2,1-10H3. The van der Waals surface area contributed by atoms with Crippen molar-refractivity contribution in [3.05, 3.63) is 31.5 Å². The third-order valence-electron chi connectivity index (χ3n) is 6.36. The van der Waals surface area contributed by atoms with Gasteiger partial charge in [-0.15, -0.1) is 0 Å². The number of hydrogen-bond acceptors (Lipinski definition) is 13. The third-order valence-corrected chi connectivity index (χ3v) is 39.8. The second-order valence-electron chi connectivity index (χ2n) is 10.7. The van der Waals surface area contributed by atoms with Crippen molar-refractivity contribution in [2.45, 2.75) is 84.6 Å². The SMILES string of the molecule is C[SiH]1O[SiH](C)O[SiH](C)O[Si](C)(Cn2c(=O)n(CF)c(=O)n(C[Si]3(C)O[SiH](C)O[SiH](C)O[SiH](C)O[SiH](C)O3)c2=O)O[SiH](C)O1. The Labute approximate surface area is 265 Å². The molecule has 0 amide bonds. The molecule has 2 aliphatic rings. The molecule has 248 valence electrons. The van der Waals surface area contributed by atoms with Crippen molar-refractivity contribution in [1.82, 2.24) is 13.7 Å². The first-order valence-corrected chi connectivity index (χ1v) is 35.9. The molecule has 1 aromatic rings. The number of alkyl halides is 1. The summed E-state index contributed by atoms with van der Waals surface area (Å²) in [5.41, 5.74) is -3.13. The summed E-state index contributed by atoms with van der Waals surface area (Å²) >= 11 is 0. The van der Waals surface area contributed by atoms with Crippen LogP contribution in [0.1, 0.15) is 0 Å². The first kappa shape index (κ1) is 37.6. The van der Waals surface area contributed by atoms with E-state index in [4.69, 9.17) is 41.2 Å². The van der Waals surface area contributed by atoms with E-state index in [-0.39, 0.29) is 12.3 Å². The van der Waals surface area contributed by atoms with Crippen molar-refractivity contribution in [1.29, 1.82) is 0 Å². The van der Waals surface area contributed by atoms with Crippen molar-refractivity contribution in [2.24, 2.45) is 0 Å². The molecule has 8 unspecified atom stereocenters. The minimum Gasteiger partial charge on any atom is -0.420 e. The van der Waals surface area contributed by atoms with Crippen LogP contribution in [0, 0.1) is 0 Å². The van der Waals surface area contributed by atoms with E-state index in [2.05, 4.69) is 0 Å². The summed E-state index contributed by atoms with van der Waals surface area (Å²) in [5.74, 6) is 0. The zero-order valence-corrected chi connectivity index (χ0v) is 37.5. The van der Waals surface area contributed by atoms with E-state index in [0.29, 0.717) is 4.57 Å². The molecular weight excluding hydrogens is 742 g/mol. The summed E-state index contributed by atoms with van der Waals surface area (Å²) in [6, 6.07) is 0. The van der Waals surface area contributed by atoms with Gasteiger partial charge in [-0.1, -0.05) is 0 Å². The van der Waals surface area contributed by atoms with Gasteiger partial charge in [-0.2, -0.15) is 0 Å². The Morgan fingerprint density at radius 1 is 0.488 bits per heavy atom. The Kier molecular flexibility index (Phi) is 13.8.